The van der Waals surface area contributed by atoms with Crippen molar-refractivity contribution >= 4 is 18.3 Å². The molecule has 12 heavy (non-hydrogen) atoms. The van der Waals surface area contributed by atoms with Crippen molar-refractivity contribution in [2.75, 3.05) is 5.73 Å². The van der Waals surface area contributed by atoms with Crippen LogP contribution in [0.4, 0.5) is 5.69 Å². The Bertz CT molecular complexity index is 269. The molecule has 1 rings (SSSR count). The number of nitrogen functional groups attached to an aromatic ring is 1. The van der Waals surface area contributed by atoms with Gasteiger partial charge in [0.1, 0.15) is 0 Å². The smallest absolute Gasteiger partial charge is 0.0449 e. The highest BCUT2D eigenvalue weighted by Gasteiger charge is 1.99. The van der Waals surface area contributed by atoms with E-state index in [0.717, 1.165) is 17.0 Å². The molecule has 0 saturated heterocycles. The van der Waals surface area contributed by atoms with Gasteiger partial charge in [-0.05, 0) is 30.0 Å². The van der Waals surface area contributed by atoms with Gasteiger partial charge in [-0.3, -0.25) is 0 Å². The summed E-state index contributed by atoms with van der Waals surface area (Å²) in [6.45, 7) is 4.41. The number of hydrogen-bond acceptors (Lipinski definition) is 2. The van der Waals surface area contributed by atoms with Gasteiger partial charge in [-0.2, -0.15) is 0 Å². The molecule has 1 aromatic carbocycles. The Kier molecular flexibility index (Phi) is 3.04. The molecule has 0 fully saturated rings. The van der Waals surface area contributed by atoms with Crippen LogP contribution >= 0.6 is 12.6 Å². The van der Waals surface area contributed by atoms with Crippen LogP contribution in [0.2, 0.25) is 0 Å². The molecule has 0 saturated carbocycles. The van der Waals surface area contributed by atoms with E-state index in [1.807, 2.05) is 12.1 Å². The van der Waals surface area contributed by atoms with Gasteiger partial charge in [-0.15, -0.1) is 12.6 Å². The van der Waals surface area contributed by atoms with Crippen LogP contribution in [0.1, 0.15) is 19.4 Å². The average molecular weight is 181 g/mol. The predicted octanol–water partition coefficient (Wildman–Crippen LogP) is 2.76. The fourth-order valence-corrected chi connectivity index (χ4v) is 1.43. The Morgan fingerprint density at radius 1 is 1.42 bits per heavy atom. The Morgan fingerprint density at radius 2 is 2.08 bits per heavy atom. The summed E-state index contributed by atoms with van der Waals surface area (Å²) in [4.78, 5) is 0.883. The van der Waals surface area contributed by atoms with Crippen molar-refractivity contribution < 1.29 is 0 Å². The fourth-order valence-electron chi connectivity index (χ4n) is 1.19. The van der Waals surface area contributed by atoms with Gasteiger partial charge < -0.3 is 5.73 Å². The van der Waals surface area contributed by atoms with E-state index in [1.54, 1.807) is 0 Å². The van der Waals surface area contributed by atoms with Crippen molar-refractivity contribution in [2.45, 2.75) is 25.2 Å². The Morgan fingerprint density at radius 3 is 2.58 bits per heavy atom. The summed E-state index contributed by atoms with van der Waals surface area (Å²) in [5.41, 5.74) is 7.71. The fraction of sp³-hybridized carbons (Fsp3) is 0.400. The van der Waals surface area contributed by atoms with Crippen LogP contribution in [0.15, 0.2) is 23.1 Å². The lowest BCUT2D eigenvalue weighted by Gasteiger charge is -2.06. The molecule has 1 nitrogen and oxygen atoms in total. The number of hydrogen-bond donors (Lipinski definition) is 2. The number of thiol groups is 1. The second kappa shape index (κ2) is 3.85. The van der Waals surface area contributed by atoms with E-state index < -0.39 is 0 Å². The first-order valence-electron chi connectivity index (χ1n) is 4.17. The Balaban J connectivity index is 2.82. The molecule has 0 aliphatic carbocycles. The molecule has 0 aromatic heterocycles. The molecule has 0 amide bonds. The molecule has 0 atom stereocenters. The molecule has 2 N–H and O–H groups in total. The summed E-state index contributed by atoms with van der Waals surface area (Å²) in [6, 6.07) is 6.02. The molecule has 0 radical (unpaired) electrons. The number of nitrogens with two attached hydrogens (primary N) is 1. The van der Waals surface area contributed by atoms with Gasteiger partial charge in [-0.25, -0.2) is 0 Å². The summed E-state index contributed by atoms with van der Waals surface area (Å²) >= 11 is 4.26. The van der Waals surface area contributed by atoms with Gasteiger partial charge >= 0.3 is 0 Å². The zero-order chi connectivity index (χ0) is 9.14. The molecule has 0 heterocycles. The Hall–Kier alpha value is -0.630. The molecular formula is C10H15NS. The van der Waals surface area contributed by atoms with Crippen LogP contribution in [-0.2, 0) is 6.42 Å². The van der Waals surface area contributed by atoms with E-state index in [4.69, 9.17) is 5.73 Å². The first-order valence-corrected chi connectivity index (χ1v) is 4.61. The minimum Gasteiger partial charge on any atom is -0.398 e. The Labute approximate surface area is 79.4 Å². The minimum absolute atomic E-state index is 0.682. The topological polar surface area (TPSA) is 26.0 Å². The van der Waals surface area contributed by atoms with Gasteiger partial charge in [0, 0.05) is 10.6 Å². The van der Waals surface area contributed by atoms with Gasteiger partial charge in [-0.1, -0.05) is 19.9 Å². The molecule has 0 bridgehead atoms. The van der Waals surface area contributed by atoms with Crippen molar-refractivity contribution in [2.24, 2.45) is 5.92 Å². The second-order valence-corrected chi connectivity index (χ2v) is 3.97. The maximum Gasteiger partial charge on any atom is 0.0449 e. The van der Waals surface area contributed by atoms with Crippen molar-refractivity contribution in [3.05, 3.63) is 23.8 Å². The normalized spacial score (nSPS) is 10.7. The standard InChI is InChI=1S/C10H15NS/c1-7(2)5-8-3-4-9(11)10(12)6-8/h3-4,6-7,12H,5,11H2,1-2H3. The van der Waals surface area contributed by atoms with Gasteiger partial charge in [0.15, 0.2) is 0 Å². The van der Waals surface area contributed by atoms with E-state index >= 15 is 0 Å². The zero-order valence-electron chi connectivity index (χ0n) is 7.54. The highest BCUT2D eigenvalue weighted by molar-refractivity contribution is 7.80. The molecule has 0 unspecified atom stereocenters. The van der Waals surface area contributed by atoms with Crippen LogP contribution in [0, 0.1) is 5.92 Å². The van der Waals surface area contributed by atoms with Crippen molar-refractivity contribution in [3.63, 3.8) is 0 Å². The van der Waals surface area contributed by atoms with Gasteiger partial charge in [0.05, 0.1) is 0 Å². The van der Waals surface area contributed by atoms with Gasteiger partial charge in [0.25, 0.3) is 0 Å². The summed E-state index contributed by atoms with van der Waals surface area (Å²) < 4.78 is 0. The van der Waals surface area contributed by atoms with Crippen LogP contribution in [0.5, 0.6) is 0 Å². The average Bonchev–Trinajstić information content (AvgIpc) is 1.96. The third kappa shape index (κ3) is 2.45. The molecule has 0 aliphatic heterocycles. The molecule has 1 aromatic rings. The molecular weight excluding hydrogens is 166 g/mol. The SMILES string of the molecule is CC(C)Cc1ccc(N)c(S)c1. The maximum absolute atomic E-state index is 5.64. The van der Waals surface area contributed by atoms with E-state index in [0.29, 0.717) is 5.92 Å². The first kappa shape index (κ1) is 9.46. The van der Waals surface area contributed by atoms with Crippen molar-refractivity contribution in [1.82, 2.24) is 0 Å². The predicted molar refractivity (Wildman–Crippen MR) is 56.6 cm³/mol. The van der Waals surface area contributed by atoms with E-state index in [2.05, 4.69) is 32.5 Å². The van der Waals surface area contributed by atoms with Crippen molar-refractivity contribution in [3.8, 4) is 0 Å². The van der Waals surface area contributed by atoms with Crippen LogP contribution in [0.25, 0.3) is 0 Å². The van der Waals surface area contributed by atoms with Crippen LogP contribution in [-0.4, -0.2) is 0 Å². The van der Waals surface area contributed by atoms with Crippen LogP contribution < -0.4 is 5.73 Å². The van der Waals surface area contributed by atoms with Crippen LogP contribution in [0.3, 0.4) is 0 Å². The highest BCUT2D eigenvalue weighted by Crippen LogP contribution is 2.19. The van der Waals surface area contributed by atoms with Crippen molar-refractivity contribution in [1.29, 1.82) is 0 Å². The monoisotopic (exact) mass is 181 g/mol. The summed E-state index contributed by atoms with van der Waals surface area (Å²) in [6.07, 6.45) is 1.09. The van der Waals surface area contributed by atoms with E-state index in [-0.39, 0.29) is 0 Å². The molecule has 0 aliphatic rings. The van der Waals surface area contributed by atoms with E-state index in [1.165, 1.54) is 5.56 Å². The third-order valence-corrected chi connectivity index (χ3v) is 2.13. The molecule has 2 heteroatoms. The second-order valence-electron chi connectivity index (χ2n) is 3.49. The molecule has 0 spiro atoms. The molecule has 66 valence electrons. The highest BCUT2D eigenvalue weighted by atomic mass is 32.1. The summed E-state index contributed by atoms with van der Waals surface area (Å²) in [7, 11) is 0. The number of rotatable bonds is 2. The lowest BCUT2D eigenvalue weighted by Crippen LogP contribution is -1.95. The zero-order valence-corrected chi connectivity index (χ0v) is 8.44. The quantitative estimate of drug-likeness (QED) is 0.532. The lowest BCUT2D eigenvalue weighted by molar-refractivity contribution is 0.646. The minimum atomic E-state index is 0.682. The van der Waals surface area contributed by atoms with E-state index in [9.17, 15) is 0 Å². The summed E-state index contributed by atoms with van der Waals surface area (Å²) in [5.74, 6) is 0.682. The summed E-state index contributed by atoms with van der Waals surface area (Å²) in [5, 5.41) is 0. The number of benzene rings is 1. The third-order valence-electron chi connectivity index (χ3n) is 1.74. The lowest BCUT2D eigenvalue weighted by atomic mass is 10.0. The first-order chi connectivity index (χ1) is 5.59. The maximum atomic E-state index is 5.64. The van der Waals surface area contributed by atoms with Gasteiger partial charge in [0.2, 0.25) is 0 Å². The largest absolute Gasteiger partial charge is 0.398 e. The number of anilines is 1.